The van der Waals surface area contributed by atoms with Crippen molar-refractivity contribution in [3.63, 3.8) is 0 Å². The third-order valence-corrected chi connectivity index (χ3v) is 7.56. The zero-order valence-corrected chi connectivity index (χ0v) is 21.3. The zero-order valence-electron chi connectivity index (χ0n) is 21.3. The van der Waals surface area contributed by atoms with E-state index >= 15 is 0 Å². The number of hydrogen-bond donors (Lipinski definition) is 0. The summed E-state index contributed by atoms with van der Waals surface area (Å²) in [6, 6.07) is 3.35. The molecule has 0 saturated carbocycles. The number of ether oxygens (including phenoxy) is 2. The van der Waals surface area contributed by atoms with Crippen LogP contribution in [0.3, 0.4) is 0 Å². The first kappa shape index (κ1) is 24.8. The lowest BCUT2D eigenvalue weighted by Crippen LogP contribution is -2.35. The third kappa shape index (κ3) is 4.50. The highest BCUT2D eigenvalue weighted by Crippen LogP contribution is 2.44. The normalized spacial score (nSPS) is 19.4. The van der Waals surface area contributed by atoms with Gasteiger partial charge in [0.05, 0.1) is 25.4 Å². The molecule has 1 atom stereocenters. The van der Waals surface area contributed by atoms with Gasteiger partial charge >= 0.3 is 6.36 Å². The van der Waals surface area contributed by atoms with Crippen LogP contribution in [-0.2, 0) is 36.0 Å². The first-order chi connectivity index (χ1) is 18.2. The van der Waals surface area contributed by atoms with E-state index in [0.717, 1.165) is 29.7 Å². The Morgan fingerprint density at radius 2 is 2.05 bits per heavy atom. The highest BCUT2D eigenvalue weighted by molar-refractivity contribution is 5.79. The van der Waals surface area contributed by atoms with Crippen LogP contribution in [0.5, 0.6) is 5.75 Å². The van der Waals surface area contributed by atoms with Crippen molar-refractivity contribution in [2.75, 3.05) is 31.2 Å². The number of hydrogen-bond acceptors (Lipinski definition) is 6. The zero-order chi connectivity index (χ0) is 26.6. The van der Waals surface area contributed by atoms with E-state index in [4.69, 9.17) is 9.84 Å². The molecule has 1 fully saturated rings. The topological polar surface area (TPSA) is 77.7 Å². The second kappa shape index (κ2) is 9.33. The molecule has 1 saturated heterocycles. The van der Waals surface area contributed by atoms with Crippen LogP contribution in [0.4, 0.5) is 24.7 Å². The van der Waals surface area contributed by atoms with Gasteiger partial charge in [-0.1, -0.05) is 0 Å². The van der Waals surface area contributed by atoms with Gasteiger partial charge in [-0.25, -0.2) is 0 Å². The molecule has 3 aromatic rings. The maximum Gasteiger partial charge on any atom is 0.573 e. The molecule has 0 bridgehead atoms. The Balaban J connectivity index is 1.48. The third-order valence-electron chi connectivity index (χ3n) is 7.56. The van der Waals surface area contributed by atoms with Crippen molar-refractivity contribution in [2.45, 2.75) is 51.6 Å². The number of fused-ring (bicyclic) bond motifs is 2. The number of amides is 1. The number of aromatic nitrogens is 4. The Hall–Kier alpha value is -3.54. The second-order valence-corrected chi connectivity index (χ2v) is 10.1. The highest BCUT2D eigenvalue weighted by Gasteiger charge is 2.36. The molecule has 0 aliphatic carbocycles. The van der Waals surface area contributed by atoms with Crippen LogP contribution in [0.25, 0.3) is 11.1 Å². The lowest BCUT2D eigenvalue weighted by atomic mass is 9.95. The van der Waals surface area contributed by atoms with Crippen molar-refractivity contribution in [3.8, 4) is 16.9 Å². The number of anilines is 2. The van der Waals surface area contributed by atoms with Crippen molar-refractivity contribution >= 4 is 17.4 Å². The van der Waals surface area contributed by atoms with E-state index in [0.29, 0.717) is 68.3 Å². The summed E-state index contributed by atoms with van der Waals surface area (Å²) in [6.07, 6.45) is 1.39. The Bertz CT molecular complexity index is 1380. The quantitative estimate of drug-likeness (QED) is 0.505. The van der Waals surface area contributed by atoms with Crippen molar-refractivity contribution in [2.24, 2.45) is 7.05 Å². The molecule has 1 aromatic carbocycles. The summed E-state index contributed by atoms with van der Waals surface area (Å²) < 4.78 is 54.2. The fourth-order valence-electron chi connectivity index (χ4n) is 5.76. The van der Waals surface area contributed by atoms with Gasteiger partial charge in [-0.15, -0.1) is 13.2 Å². The summed E-state index contributed by atoms with van der Waals surface area (Å²) in [4.78, 5) is 16.0. The number of alkyl halides is 3. The van der Waals surface area contributed by atoms with Crippen LogP contribution in [-0.4, -0.2) is 63.0 Å². The molecule has 3 aliphatic rings. The minimum atomic E-state index is -4.85. The van der Waals surface area contributed by atoms with E-state index in [9.17, 15) is 18.0 Å². The standard InChI is InChI=1S/C26H29F3N6O3/c1-16(36)33-8-5-22-21(14-33)25(31-35(22)19-6-9-37-15-19)34-7-3-4-17-10-20(18-12-30-32(2)13-18)24(11-23(17)34)38-26(27,28)29/h10-13,19H,3-9,14-15H2,1-2H3. The van der Waals surface area contributed by atoms with E-state index in [1.807, 2.05) is 9.58 Å². The van der Waals surface area contributed by atoms with Gasteiger partial charge in [0.25, 0.3) is 0 Å². The van der Waals surface area contributed by atoms with Crippen LogP contribution in [0.2, 0.25) is 0 Å². The van der Waals surface area contributed by atoms with Crippen LogP contribution in [0, 0.1) is 0 Å². The van der Waals surface area contributed by atoms with Gasteiger partial charge in [0, 0.05) is 80.4 Å². The van der Waals surface area contributed by atoms with Gasteiger partial charge in [0.15, 0.2) is 5.82 Å². The Labute approximate surface area is 217 Å². The maximum atomic E-state index is 13.5. The number of rotatable bonds is 4. The molecule has 2 aromatic heterocycles. The SMILES string of the molecule is CC(=O)N1CCc2c(c(N3CCCc4cc(-c5cnn(C)c5)c(OC(F)(F)F)cc43)nn2C2CCOC2)C1. The largest absolute Gasteiger partial charge is 0.573 e. The van der Waals surface area contributed by atoms with Crippen LogP contribution in [0.15, 0.2) is 24.5 Å². The summed E-state index contributed by atoms with van der Waals surface area (Å²) in [5, 5.41) is 9.16. The van der Waals surface area contributed by atoms with E-state index < -0.39 is 6.36 Å². The van der Waals surface area contributed by atoms with E-state index in [-0.39, 0.29) is 17.7 Å². The first-order valence-electron chi connectivity index (χ1n) is 12.8. The van der Waals surface area contributed by atoms with Gasteiger partial charge in [-0.3, -0.25) is 14.2 Å². The Morgan fingerprint density at radius 1 is 1.21 bits per heavy atom. The summed E-state index contributed by atoms with van der Waals surface area (Å²) in [5.41, 5.74) is 4.45. The van der Waals surface area contributed by atoms with Gasteiger partial charge in [-0.2, -0.15) is 10.2 Å². The van der Waals surface area contributed by atoms with Crippen molar-refractivity contribution in [3.05, 3.63) is 41.3 Å². The molecule has 38 heavy (non-hydrogen) atoms. The molecule has 0 spiro atoms. The predicted molar refractivity (Wildman–Crippen MR) is 132 cm³/mol. The van der Waals surface area contributed by atoms with Crippen LogP contribution in [0.1, 0.15) is 42.6 Å². The number of benzene rings is 1. The average molecular weight is 531 g/mol. The minimum Gasteiger partial charge on any atom is -0.405 e. The van der Waals surface area contributed by atoms with Crippen LogP contribution < -0.4 is 9.64 Å². The number of carbonyl (C=O) groups excluding carboxylic acids is 1. The molecule has 9 nitrogen and oxygen atoms in total. The van der Waals surface area contributed by atoms with Gasteiger partial charge in [-0.05, 0) is 30.9 Å². The summed E-state index contributed by atoms with van der Waals surface area (Å²) in [5.74, 6) is 0.393. The monoisotopic (exact) mass is 530 g/mol. The smallest absolute Gasteiger partial charge is 0.405 e. The van der Waals surface area contributed by atoms with E-state index in [1.165, 1.54) is 12.3 Å². The Morgan fingerprint density at radius 3 is 2.74 bits per heavy atom. The van der Waals surface area contributed by atoms with Crippen molar-refractivity contribution in [1.29, 1.82) is 0 Å². The summed E-state index contributed by atoms with van der Waals surface area (Å²) in [7, 11) is 1.72. The molecule has 5 heterocycles. The maximum absolute atomic E-state index is 13.5. The number of halogens is 3. The highest BCUT2D eigenvalue weighted by atomic mass is 19.4. The van der Waals surface area contributed by atoms with Crippen molar-refractivity contribution in [1.82, 2.24) is 24.5 Å². The lowest BCUT2D eigenvalue weighted by Gasteiger charge is -2.33. The first-order valence-corrected chi connectivity index (χ1v) is 12.8. The summed E-state index contributed by atoms with van der Waals surface area (Å²) >= 11 is 0. The van der Waals surface area contributed by atoms with E-state index in [2.05, 4.69) is 9.84 Å². The average Bonchev–Trinajstić information content (AvgIpc) is 3.62. The molecule has 12 heteroatoms. The second-order valence-electron chi connectivity index (χ2n) is 10.1. The van der Waals surface area contributed by atoms with Crippen molar-refractivity contribution < 1.29 is 27.4 Å². The molecule has 1 unspecified atom stereocenters. The molecule has 202 valence electrons. The Kier molecular flexibility index (Phi) is 6.09. The minimum absolute atomic E-state index is 0.0143. The molecular weight excluding hydrogens is 501 g/mol. The predicted octanol–water partition coefficient (Wildman–Crippen LogP) is 4.13. The number of aryl methyl sites for hydroxylation is 2. The molecule has 0 N–H and O–H groups in total. The number of carbonyl (C=O) groups is 1. The molecule has 0 radical (unpaired) electrons. The van der Waals surface area contributed by atoms with E-state index in [1.54, 1.807) is 35.8 Å². The fourth-order valence-corrected chi connectivity index (χ4v) is 5.76. The van der Waals surface area contributed by atoms with Gasteiger partial charge < -0.3 is 19.3 Å². The summed E-state index contributed by atoms with van der Waals surface area (Å²) in [6.45, 7) is 4.40. The van der Waals surface area contributed by atoms with Crippen LogP contribution >= 0.6 is 0 Å². The number of nitrogens with zero attached hydrogens (tertiary/aromatic N) is 6. The van der Waals surface area contributed by atoms with Gasteiger partial charge in [0.1, 0.15) is 5.75 Å². The molecule has 6 rings (SSSR count). The van der Waals surface area contributed by atoms with Gasteiger partial charge in [0.2, 0.25) is 5.91 Å². The fraction of sp³-hybridized carbons (Fsp3) is 0.500. The lowest BCUT2D eigenvalue weighted by molar-refractivity contribution is -0.274. The molecule has 3 aliphatic heterocycles. The molecular formula is C26H29F3N6O3. The molecule has 1 amide bonds.